The van der Waals surface area contributed by atoms with Crippen molar-refractivity contribution in [3.05, 3.63) is 54.1 Å². The Morgan fingerprint density at radius 3 is 2.39 bits per heavy atom. The van der Waals surface area contributed by atoms with Crippen LogP contribution in [0.15, 0.2) is 48.5 Å². The van der Waals surface area contributed by atoms with Crippen LogP contribution in [0.4, 0.5) is 5.82 Å². The number of nitrogens with zero attached hydrogens (tertiary/aromatic N) is 2. The summed E-state index contributed by atoms with van der Waals surface area (Å²) in [4.78, 5) is 0. The first-order valence-corrected chi connectivity index (χ1v) is 8.12. The molecule has 118 valence electrons. The van der Waals surface area contributed by atoms with E-state index in [-0.39, 0.29) is 0 Å². The Morgan fingerprint density at radius 2 is 1.70 bits per heavy atom. The quantitative estimate of drug-likeness (QED) is 0.683. The first kappa shape index (κ1) is 15.4. The number of nitrogens with one attached hydrogen (secondary N) is 1. The number of hydrogen-bond donors (Lipinski definition) is 2. The molecular formula is C19H22N4. The zero-order valence-electron chi connectivity index (χ0n) is 13.4. The van der Waals surface area contributed by atoms with Gasteiger partial charge in [0.05, 0.1) is 0 Å². The third kappa shape index (κ3) is 3.32. The molecule has 0 fully saturated rings. The topological polar surface area (TPSA) is 63.8 Å². The maximum atomic E-state index is 5.55. The molecule has 0 saturated heterocycles. The summed E-state index contributed by atoms with van der Waals surface area (Å²) in [6.45, 7) is 3.63. The fourth-order valence-electron chi connectivity index (χ4n) is 2.65. The molecule has 23 heavy (non-hydrogen) atoms. The molecule has 0 unspecified atom stereocenters. The third-order valence-corrected chi connectivity index (χ3v) is 4.00. The number of aromatic nitrogens is 2. The highest BCUT2D eigenvalue weighted by molar-refractivity contribution is 5.99. The Bertz CT molecular complexity index is 781. The van der Waals surface area contributed by atoms with Gasteiger partial charge in [0.1, 0.15) is 5.69 Å². The lowest BCUT2D eigenvalue weighted by Gasteiger charge is -2.11. The molecule has 3 aromatic rings. The lowest BCUT2D eigenvalue weighted by Crippen LogP contribution is -2.10. The molecule has 0 aliphatic rings. The number of aryl methyl sites for hydroxylation is 1. The molecule has 1 heterocycles. The Hall–Kier alpha value is -2.46. The summed E-state index contributed by atoms with van der Waals surface area (Å²) in [7, 11) is 0. The van der Waals surface area contributed by atoms with E-state index in [9.17, 15) is 0 Å². The van der Waals surface area contributed by atoms with E-state index in [0.717, 1.165) is 47.2 Å². The second-order valence-electron chi connectivity index (χ2n) is 5.56. The van der Waals surface area contributed by atoms with Crippen LogP contribution in [0.2, 0.25) is 0 Å². The number of anilines is 1. The Morgan fingerprint density at radius 1 is 0.957 bits per heavy atom. The van der Waals surface area contributed by atoms with Crippen molar-refractivity contribution < 1.29 is 0 Å². The highest BCUT2D eigenvalue weighted by Gasteiger charge is 2.10. The number of hydrogen-bond acceptors (Lipinski definition) is 4. The number of fused-ring (bicyclic) bond motifs is 1. The van der Waals surface area contributed by atoms with Crippen molar-refractivity contribution in [3.8, 4) is 11.3 Å². The predicted molar refractivity (Wildman–Crippen MR) is 96.5 cm³/mol. The van der Waals surface area contributed by atoms with Crippen LogP contribution in [-0.4, -0.2) is 23.3 Å². The van der Waals surface area contributed by atoms with Crippen molar-refractivity contribution in [1.82, 2.24) is 10.2 Å². The summed E-state index contributed by atoms with van der Waals surface area (Å²) < 4.78 is 0. The summed E-state index contributed by atoms with van der Waals surface area (Å²) in [6.07, 6.45) is 1.95. The zero-order chi connectivity index (χ0) is 16.1. The Balaban J connectivity index is 2.03. The van der Waals surface area contributed by atoms with E-state index < -0.39 is 0 Å². The summed E-state index contributed by atoms with van der Waals surface area (Å²) in [6, 6.07) is 16.8. The van der Waals surface area contributed by atoms with Crippen molar-refractivity contribution in [2.45, 2.75) is 19.8 Å². The molecule has 2 aromatic carbocycles. The highest BCUT2D eigenvalue weighted by atomic mass is 15.2. The van der Waals surface area contributed by atoms with Gasteiger partial charge in [0, 0.05) is 22.9 Å². The normalized spacial score (nSPS) is 10.9. The number of nitrogens with two attached hydrogens (primary N) is 1. The average Bonchev–Trinajstić information content (AvgIpc) is 2.62. The smallest absolute Gasteiger partial charge is 0.156 e. The van der Waals surface area contributed by atoms with Gasteiger partial charge in [-0.1, -0.05) is 55.5 Å². The lowest BCUT2D eigenvalue weighted by molar-refractivity contribution is 0.866. The summed E-state index contributed by atoms with van der Waals surface area (Å²) >= 11 is 0. The Labute approximate surface area is 136 Å². The maximum absolute atomic E-state index is 5.55. The largest absolute Gasteiger partial charge is 0.368 e. The van der Waals surface area contributed by atoms with Crippen LogP contribution in [0.25, 0.3) is 22.0 Å². The van der Waals surface area contributed by atoms with Crippen molar-refractivity contribution in [2.75, 3.05) is 18.4 Å². The van der Waals surface area contributed by atoms with Crippen LogP contribution in [0, 0.1) is 0 Å². The van der Waals surface area contributed by atoms with Gasteiger partial charge in [-0.25, -0.2) is 0 Å². The molecule has 0 bridgehead atoms. The summed E-state index contributed by atoms with van der Waals surface area (Å²) in [5.74, 6) is 0.822. The predicted octanol–water partition coefficient (Wildman–Crippen LogP) is 3.62. The van der Waals surface area contributed by atoms with Gasteiger partial charge in [-0.3, -0.25) is 0 Å². The van der Waals surface area contributed by atoms with Crippen LogP contribution in [0.3, 0.4) is 0 Å². The van der Waals surface area contributed by atoms with E-state index in [0.29, 0.717) is 6.54 Å². The molecular weight excluding hydrogens is 284 g/mol. The monoisotopic (exact) mass is 306 g/mol. The van der Waals surface area contributed by atoms with Crippen LogP contribution >= 0.6 is 0 Å². The van der Waals surface area contributed by atoms with E-state index in [2.05, 4.69) is 58.8 Å². The van der Waals surface area contributed by atoms with Gasteiger partial charge in [-0.15, -0.1) is 10.2 Å². The number of benzene rings is 2. The van der Waals surface area contributed by atoms with E-state index >= 15 is 0 Å². The average molecular weight is 306 g/mol. The van der Waals surface area contributed by atoms with Gasteiger partial charge in [-0.05, 0) is 24.9 Å². The van der Waals surface area contributed by atoms with Crippen LogP contribution in [0.1, 0.15) is 18.9 Å². The third-order valence-electron chi connectivity index (χ3n) is 4.00. The molecule has 3 rings (SSSR count). The van der Waals surface area contributed by atoms with Crippen LogP contribution in [-0.2, 0) is 6.42 Å². The molecule has 3 N–H and O–H groups in total. The molecule has 0 atom stereocenters. The minimum atomic E-state index is 0.667. The lowest BCUT2D eigenvalue weighted by atomic mass is 10.0. The van der Waals surface area contributed by atoms with Crippen LogP contribution in [0.5, 0.6) is 0 Å². The van der Waals surface area contributed by atoms with E-state index in [1.165, 1.54) is 5.56 Å². The molecule has 0 aliphatic carbocycles. The van der Waals surface area contributed by atoms with Gasteiger partial charge in [0.2, 0.25) is 0 Å². The van der Waals surface area contributed by atoms with Gasteiger partial charge in [-0.2, -0.15) is 0 Å². The molecule has 0 spiro atoms. The first-order chi connectivity index (χ1) is 11.3. The molecule has 0 saturated carbocycles. The van der Waals surface area contributed by atoms with Gasteiger partial charge in [0.15, 0.2) is 5.82 Å². The second kappa shape index (κ2) is 7.20. The van der Waals surface area contributed by atoms with E-state index in [1.54, 1.807) is 0 Å². The van der Waals surface area contributed by atoms with Gasteiger partial charge < -0.3 is 11.1 Å². The highest BCUT2D eigenvalue weighted by Crippen LogP contribution is 2.29. The van der Waals surface area contributed by atoms with Crippen molar-refractivity contribution in [1.29, 1.82) is 0 Å². The van der Waals surface area contributed by atoms with Crippen molar-refractivity contribution >= 4 is 16.6 Å². The molecule has 0 amide bonds. The molecule has 0 aliphatic heterocycles. The fraction of sp³-hybridized carbons (Fsp3) is 0.263. The van der Waals surface area contributed by atoms with E-state index in [4.69, 9.17) is 5.73 Å². The summed E-state index contributed by atoms with van der Waals surface area (Å²) in [5.41, 5.74) is 8.90. The fourth-order valence-corrected chi connectivity index (χ4v) is 2.65. The standard InChI is InChI=1S/C19H22N4/c1-2-14-8-10-15(11-9-14)18-16-6-3-4-7-17(16)19(23-22-18)21-13-5-12-20/h3-4,6-11H,2,5,12-13,20H2,1H3,(H,21,23). The first-order valence-electron chi connectivity index (χ1n) is 8.12. The Kier molecular flexibility index (Phi) is 4.83. The molecule has 1 aromatic heterocycles. The SMILES string of the molecule is CCc1ccc(-c2nnc(NCCCN)c3ccccc23)cc1. The minimum absolute atomic E-state index is 0.667. The second-order valence-corrected chi connectivity index (χ2v) is 5.56. The van der Waals surface area contributed by atoms with Crippen molar-refractivity contribution in [2.24, 2.45) is 5.73 Å². The van der Waals surface area contributed by atoms with Gasteiger partial charge >= 0.3 is 0 Å². The minimum Gasteiger partial charge on any atom is -0.368 e. The zero-order valence-corrected chi connectivity index (χ0v) is 13.4. The summed E-state index contributed by atoms with van der Waals surface area (Å²) in [5, 5.41) is 14.4. The van der Waals surface area contributed by atoms with Crippen molar-refractivity contribution in [3.63, 3.8) is 0 Å². The van der Waals surface area contributed by atoms with E-state index in [1.807, 2.05) is 12.1 Å². The molecule has 4 heteroatoms. The maximum Gasteiger partial charge on any atom is 0.156 e. The van der Waals surface area contributed by atoms with Gasteiger partial charge in [0.25, 0.3) is 0 Å². The number of rotatable bonds is 6. The van der Waals surface area contributed by atoms with Crippen LogP contribution < -0.4 is 11.1 Å². The molecule has 0 radical (unpaired) electrons. The molecule has 4 nitrogen and oxygen atoms in total.